The molecule has 1 amide bonds. The quantitative estimate of drug-likeness (QED) is 0.563. The van der Waals surface area contributed by atoms with Gasteiger partial charge < -0.3 is 0 Å². The molecule has 0 aliphatic carbocycles. The second-order valence-corrected chi connectivity index (χ2v) is 10.1. The van der Waals surface area contributed by atoms with Gasteiger partial charge in [0.2, 0.25) is 15.2 Å². The van der Waals surface area contributed by atoms with Crippen LogP contribution in [0.5, 0.6) is 0 Å². The normalized spacial score (nSPS) is 11.7. The molecule has 10 heteroatoms. The number of amides is 1. The summed E-state index contributed by atoms with van der Waals surface area (Å²) in [4.78, 5) is 13.6. The average molecular weight is 437 g/mol. The maximum absolute atomic E-state index is 12.4. The molecule has 2 N–H and O–H groups in total. The van der Waals surface area contributed by atoms with E-state index in [9.17, 15) is 13.2 Å². The molecule has 0 aliphatic rings. The van der Waals surface area contributed by atoms with Crippen LogP contribution in [0, 0.1) is 0 Å². The SMILES string of the molecule is CC(C)c1nnc(NC(=O)c2ccc(S(=O)(=O)NCCc3cccs3)cc2)s1. The van der Waals surface area contributed by atoms with Gasteiger partial charge in [0.25, 0.3) is 5.91 Å². The Kier molecular flexibility index (Phi) is 6.55. The molecule has 2 aromatic heterocycles. The zero-order valence-electron chi connectivity index (χ0n) is 15.4. The zero-order valence-corrected chi connectivity index (χ0v) is 17.8. The molecule has 28 heavy (non-hydrogen) atoms. The number of thiophene rings is 1. The van der Waals surface area contributed by atoms with E-state index in [1.807, 2.05) is 31.4 Å². The molecular formula is C18H20N4O3S3. The van der Waals surface area contributed by atoms with E-state index in [4.69, 9.17) is 0 Å². The third-order valence-corrected chi connectivity index (χ3v) is 7.38. The van der Waals surface area contributed by atoms with Crippen LogP contribution in [0.2, 0.25) is 0 Å². The molecule has 3 rings (SSSR count). The minimum atomic E-state index is -3.62. The van der Waals surface area contributed by atoms with Crippen LogP contribution in [0.1, 0.15) is 40.0 Å². The summed E-state index contributed by atoms with van der Waals surface area (Å²) < 4.78 is 27.3. The van der Waals surface area contributed by atoms with E-state index < -0.39 is 10.0 Å². The molecule has 148 valence electrons. The van der Waals surface area contributed by atoms with Crippen molar-refractivity contribution >= 4 is 43.7 Å². The average Bonchev–Trinajstić information content (AvgIpc) is 3.34. The van der Waals surface area contributed by atoms with Crippen LogP contribution in [0.3, 0.4) is 0 Å². The highest BCUT2D eigenvalue weighted by Crippen LogP contribution is 2.23. The fourth-order valence-corrected chi connectivity index (χ4v) is 4.80. The van der Waals surface area contributed by atoms with Gasteiger partial charge in [0.05, 0.1) is 4.90 Å². The van der Waals surface area contributed by atoms with Crippen molar-refractivity contribution < 1.29 is 13.2 Å². The minimum Gasteiger partial charge on any atom is -0.296 e. The summed E-state index contributed by atoms with van der Waals surface area (Å²) in [5.41, 5.74) is 0.346. The van der Waals surface area contributed by atoms with Gasteiger partial charge in [-0.1, -0.05) is 31.3 Å². The number of hydrogen-bond donors (Lipinski definition) is 2. The summed E-state index contributed by atoms with van der Waals surface area (Å²) in [5, 5.41) is 13.9. The number of aromatic nitrogens is 2. The van der Waals surface area contributed by atoms with E-state index >= 15 is 0 Å². The lowest BCUT2D eigenvalue weighted by Gasteiger charge is -2.07. The fraction of sp³-hybridized carbons (Fsp3) is 0.278. The third-order valence-electron chi connectivity index (χ3n) is 3.83. The van der Waals surface area contributed by atoms with E-state index in [-0.39, 0.29) is 16.7 Å². The summed E-state index contributed by atoms with van der Waals surface area (Å²) in [6.07, 6.45) is 0.637. The van der Waals surface area contributed by atoms with E-state index in [1.165, 1.54) is 35.6 Å². The van der Waals surface area contributed by atoms with E-state index in [0.717, 1.165) is 9.88 Å². The second-order valence-electron chi connectivity index (χ2n) is 6.31. The lowest BCUT2D eigenvalue weighted by molar-refractivity contribution is 0.102. The van der Waals surface area contributed by atoms with E-state index in [1.54, 1.807) is 11.3 Å². The summed E-state index contributed by atoms with van der Waals surface area (Å²) in [6.45, 7) is 4.32. The Bertz CT molecular complexity index is 1030. The molecule has 0 saturated carbocycles. The Morgan fingerprint density at radius 2 is 1.89 bits per heavy atom. The number of nitrogens with zero attached hydrogens (tertiary/aromatic N) is 2. The summed E-state index contributed by atoms with van der Waals surface area (Å²) in [7, 11) is -3.62. The van der Waals surface area contributed by atoms with Gasteiger partial charge in [-0.15, -0.1) is 21.5 Å². The van der Waals surface area contributed by atoms with Crippen molar-refractivity contribution in [3.63, 3.8) is 0 Å². The monoisotopic (exact) mass is 436 g/mol. The molecule has 7 nitrogen and oxygen atoms in total. The molecule has 0 atom stereocenters. The highest BCUT2D eigenvalue weighted by atomic mass is 32.2. The number of hydrogen-bond acceptors (Lipinski definition) is 7. The van der Waals surface area contributed by atoms with Crippen LogP contribution in [-0.2, 0) is 16.4 Å². The van der Waals surface area contributed by atoms with Gasteiger partial charge in [-0.3, -0.25) is 10.1 Å². The largest absolute Gasteiger partial charge is 0.296 e. The number of carbonyl (C=O) groups excluding carboxylic acids is 1. The molecule has 0 radical (unpaired) electrons. The van der Waals surface area contributed by atoms with Crippen molar-refractivity contribution in [1.29, 1.82) is 0 Å². The van der Waals surface area contributed by atoms with Crippen LogP contribution in [0.15, 0.2) is 46.7 Å². The van der Waals surface area contributed by atoms with Crippen LogP contribution in [-0.4, -0.2) is 31.1 Å². The number of nitrogens with one attached hydrogen (secondary N) is 2. The van der Waals surface area contributed by atoms with Gasteiger partial charge >= 0.3 is 0 Å². The van der Waals surface area contributed by atoms with Gasteiger partial charge in [-0.2, -0.15) is 0 Å². The molecule has 0 saturated heterocycles. The molecule has 0 aliphatic heterocycles. The standard InChI is InChI=1S/C18H20N4O3S3/c1-12(2)17-21-22-18(27-17)20-16(23)13-5-7-15(8-6-13)28(24,25)19-10-9-14-4-3-11-26-14/h3-8,11-12,19H,9-10H2,1-2H3,(H,20,22,23). The lowest BCUT2D eigenvalue weighted by atomic mass is 10.2. The van der Waals surface area contributed by atoms with Gasteiger partial charge in [0.1, 0.15) is 5.01 Å². The lowest BCUT2D eigenvalue weighted by Crippen LogP contribution is -2.26. The summed E-state index contributed by atoms with van der Waals surface area (Å²) in [5.74, 6) is -0.124. The Labute approximate surface area is 171 Å². The minimum absolute atomic E-state index is 0.119. The van der Waals surface area contributed by atoms with Gasteiger partial charge in [-0.25, -0.2) is 13.1 Å². The molecule has 0 bridgehead atoms. The predicted molar refractivity (Wildman–Crippen MR) is 112 cm³/mol. The first-order chi connectivity index (χ1) is 13.3. The molecule has 0 spiro atoms. The maximum Gasteiger partial charge on any atom is 0.257 e. The van der Waals surface area contributed by atoms with E-state index in [2.05, 4.69) is 20.2 Å². The predicted octanol–water partition coefficient (Wildman–Crippen LogP) is 3.50. The zero-order chi connectivity index (χ0) is 20.1. The molecule has 1 aromatic carbocycles. The fourth-order valence-electron chi connectivity index (χ4n) is 2.32. The Morgan fingerprint density at radius 3 is 2.50 bits per heavy atom. The number of benzene rings is 1. The summed E-state index contributed by atoms with van der Waals surface area (Å²) >= 11 is 2.91. The Morgan fingerprint density at radius 1 is 1.14 bits per heavy atom. The molecule has 2 heterocycles. The smallest absolute Gasteiger partial charge is 0.257 e. The Balaban J connectivity index is 1.60. The number of rotatable bonds is 8. The van der Waals surface area contributed by atoms with Crippen LogP contribution < -0.4 is 10.0 Å². The topological polar surface area (TPSA) is 101 Å². The van der Waals surface area contributed by atoms with Crippen LogP contribution in [0.4, 0.5) is 5.13 Å². The van der Waals surface area contributed by atoms with Crippen molar-refractivity contribution in [3.05, 3.63) is 57.2 Å². The number of sulfonamides is 1. The first kappa shape index (κ1) is 20.6. The highest BCUT2D eigenvalue weighted by molar-refractivity contribution is 7.89. The number of carbonyl (C=O) groups is 1. The van der Waals surface area contributed by atoms with Crippen LogP contribution >= 0.6 is 22.7 Å². The maximum atomic E-state index is 12.4. The van der Waals surface area contributed by atoms with Crippen LogP contribution in [0.25, 0.3) is 0 Å². The first-order valence-corrected chi connectivity index (χ1v) is 11.8. The molecular weight excluding hydrogens is 416 g/mol. The second kappa shape index (κ2) is 8.91. The van der Waals surface area contributed by atoms with Crippen molar-refractivity contribution in [2.75, 3.05) is 11.9 Å². The molecule has 0 fully saturated rings. The van der Waals surface area contributed by atoms with Crippen molar-refractivity contribution in [2.45, 2.75) is 31.1 Å². The van der Waals surface area contributed by atoms with Crippen molar-refractivity contribution in [3.8, 4) is 0 Å². The number of anilines is 1. The third kappa shape index (κ3) is 5.22. The van der Waals surface area contributed by atoms with Gasteiger partial charge in [-0.05, 0) is 42.1 Å². The first-order valence-electron chi connectivity index (χ1n) is 8.62. The molecule has 0 unspecified atom stereocenters. The highest BCUT2D eigenvalue weighted by Gasteiger charge is 2.16. The Hall–Kier alpha value is -2.14. The van der Waals surface area contributed by atoms with Crippen molar-refractivity contribution in [2.24, 2.45) is 0 Å². The molecule has 3 aromatic rings. The van der Waals surface area contributed by atoms with Crippen molar-refractivity contribution in [1.82, 2.24) is 14.9 Å². The summed E-state index contributed by atoms with van der Waals surface area (Å²) in [6, 6.07) is 9.70. The van der Waals surface area contributed by atoms with Gasteiger partial charge in [0.15, 0.2) is 0 Å². The van der Waals surface area contributed by atoms with E-state index in [0.29, 0.717) is 23.7 Å². The van der Waals surface area contributed by atoms with Gasteiger partial charge in [0, 0.05) is 22.9 Å².